The lowest BCUT2D eigenvalue weighted by molar-refractivity contribution is 0.626. The van der Waals surface area contributed by atoms with Gasteiger partial charge in [-0.25, -0.2) is 14.4 Å². The number of anilines is 3. The molecular formula is C28H27ClFN9OS. The highest BCUT2D eigenvalue weighted by atomic mass is 35.5. The summed E-state index contributed by atoms with van der Waals surface area (Å²) in [7, 11) is 3.51. The van der Waals surface area contributed by atoms with Gasteiger partial charge in [-0.1, -0.05) is 23.7 Å². The zero-order valence-electron chi connectivity index (χ0n) is 22.8. The van der Waals surface area contributed by atoms with E-state index in [1.807, 2.05) is 36.9 Å². The lowest BCUT2D eigenvalue weighted by Crippen LogP contribution is -2.28. The average Bonchev–Trinajstić information content (AvgIpc) is 3.55. The van der Waals surface area contributed by atoms with Crippen LogP contribution in [0.2, 0.25) is 5.15 Å². The van der Waals surface area contributed by atoms with Crippen molar-refractivity contribution in [2.75, 3.05) is 14.9 Å². The maximum atomic E-state index is 13.9. The third kappa shape index (κ3) is 5.32. The van der Waals surface area contributed by atoms with E-state index in [1.165, 1.54) is 18.0 Å². The Morgan fingerprint density at radius 3 is 2.66 bits per heavy atom. The van der Waals surface area contributed by atoms with Crippen LogP contribution in [-0.2, 0) is 27.2 Å². The van der Waals surface area contributed by atoms with Crippen LogP contribution in [0, 0.1) is 12.7 Å². The lowest BCUT2D eigenvalue weighted by atomic mass is 10.0. The molecule has 0 saturated carbocycles. The van der Waals surface area contributed by atoms with Crippen molar-refractivity contribution >= 4 is 52.0 Å². The van der Waals surface area contributed by atoms with E-state index >= 15 is 0 Å². The zero-order chi connectivity index (χ0) is 28.8. The van der Waals surface area contributed by atoms with E-state index in [0.29, 0.717) is 46.1 Å². The van der Waals surface area contributed by atoms with Crippen molar-refractivity contribution in [2.24, 2.45) is 14.1 Å². The minimum absolute atomic E-state index is 0.138. The van der Waals surface area contributed by atoms with Crippen molar-refractivity contribution in [1.82, 2.24) is 29.3 Å². The first-order valence-electron chi connectivity index (χ1n) is 12.9. The number of aryl methyl sites for hydroxylation is 2. The van der Waals surface area contributed by atoms with E-state index in [4.69, 9.17) is 16.6 Å². The number of pyridine rings is 1. The fourth-order valence-corrected chi connectivity index (χ4v) is 5.92. The van der Waals surface area contributed by atoms with Gasteiger partial charge in [-0.3, -0.25) is 18.8 Å². The molecule has 1 aliphatic heterocycles. The Balaban J connectivity index is 1.35. The van der Waals surface area contributed by atoms with Gasteiger partial charge in [0, 0.05) is 44.7 Å². The number of hydrogen-bond donors (Lipinski definition) is 2. The summed E-state index contributed by atoms with van der Waals surface area (Å²) < 4.78 is 20.1. The molecule has 41 heavy (non-hydrogen) atoms. The molecule has 4 heterocycles. The van der Waals surface area contributed by atoms with E-state index in [9.17, 15) is 9.18 Å². The molecule has 6 rings (SSSR count). The zero-order valence-corrected chi connectivity index (χ0v) is 24.4. The van der Waals surface area contributed by atoms with Crippen molar-refractivity contribution in [2.45, 2.75) is 38.0 Å². The minimum Gasteiger partial charge on any atom is -0.376 e. The van der Waals surface area contributed by atoms with Gasteiger partial charge in [0.15, 0.2) is 0 Å². The van der Waals surface area contributed by atoms with E-state index in [1.54, 1.807) is 47.9 Å². The molecular weight excluding hydrogens is 565 g/mol. The summed E-state index contributed by atoms with van der Waals surface area (Å²) in [4.78, 5) is 29.3. The highest BCUT2D eigenvalue weighted by molar-refractivity contribution is 8.00. The summed E-state index contributed by atoms with van der Waals surface area (Å²) in [6.07, 6.45) is 1.60. The van der Waals surface area contributed by atoms with Crippen molar-refractivity contribution in [3.8, 4) is 0 Å². The summed E-state index contributed by atoms with van der Waals surface area (Å²) in [5, 5.41) is 9.26. The molecule has 0 aliphatic carbocycles. The Kier molecular flexibility index (Phi) is 7.04. The van der Waals surface area contributed by atoms with Crippen molar-refractivity contribution in [1.29, 1.82) is 0 Å². The molecule has 2 N–H and O–H groups in total. The summed E-state index contributed by atoms with van der Waals surface area (Å²) in [6, 6.07) is 12.0. The number of rotatable bonds is 7. The second-order valence-corrected chi connectivity index (χ2v) is 11.3. The van der Waals surface area contributed by atoms with Crippen LogP contribution >= 0.6 is 23.5 Å². The number of nitrogens with one attached hydrogen (secondary N) is 2. The molecule has 10 nitrogen and oxygen atoms in total. The van der Waals surface area contributed by atoms with Crippen LogP contribution in [0.1, 0.15) is 35.2 Å². The predicted molar refractivity (Wildman–Crippen MR) is 160 cm³/mol. The summed E-state index contributed by atoms with van der Waals surface area (Å²) in [5.41, 5.74) is 4.95. The van der Waals surface area contributed by atoms with Gasteiger partial charge in [-0.05, 0) is 60.9 Å². The molecule has 5 aromatic rings. The van der Waals surface area contributed by atoms with Gasteiger partial charge in [-0.2, -0.15) is 4.98 Å². The number of hydrogen-bond acceptors (Lipinski definition) is 9. The first-order chi connectivity index (χ1) is 19.7. The Labute approximate surface area is 244 Å². The number of halogens is 2. The monoisotopic (exact) mass is 591 g/mol. The van der Waals surface area contributed by atoms with Crippen LogP contribution in [-0.4, -0.2) is 29.3 Å². The van der Waals surface area contributed by atoms with Crippen LogP contribution in [0.15, 0.2) is 58.6 Å². The van der Waals surface area contributed by atoms with Gasteiger partial charge in [0.2, 0.25) is 5.95 Å². The van der Waals surface area contributed by atoms with Gasteiger partial charge in [0.25, 0.3) is 11.5 Å². The number of nitrogens with zero attached hydrogens (tertiary/aromatic N) is 7. The van der Waals surface area contributed by atoms with Gasteiger partial charge < -0.3 is 10.2 Å². The summed E-state index contributed by atoms with van der Waals surface area (Å²) in [6.45, 7) is 5.00. The third-order valence-electron chi connectivity index (χ3n) is 7.01. The predicted octanol–water partition coefficient (Wildman–Crippen LogP) is 5.37. The van der Waals surface area contributed by atoms with Crippen molar-refractivity contribution in [3.63, 3.8) is 0 Å². The highest BCUT2D eigenvalue weighted by Crippen LogP contribution is 2.33. The van der Waals surface area contributed by atoms with Crippen LogP contribution in [0.3, 0.4) is 0 Å². The third-order valence-corrected chi connectivity index (χ3v) is 8.01. The summed E-state index contributed by atoms with van der Waals surface area (Å²) >= 11 is 7.46. The number of benzene rings is 2. The second-order valence-electron chi connectivity index (χ2n) is 10.1. The fourth-order valence-electron chi connectivity index (χ4n) is 5.06. The maximum Gasteiger partial charge on any atom is 0.262 e. The molecule has 0 bridgehead atoms. The Morgan fingerprint density at radius 1 is 1.07 bits per heavy atom. The van der Waals surface area contributed by atoms with Crippen LogP contribution in [0.4, 0.5) is 22.0 Å². The lowest BCUT2D eigenvalue weighted by Gasteiger charge is -2.23. The standard InChI is InChI=1S/C28H27ClFN9OS/c1-15-9-20(16(2)32-22-7-8-23(29)33-25(22)41-36-27-31-14-37(3)35-27)24-21(10-15)26(40)38(4)28(34-24)39-12-17-5-6-19(30)11-18(17)13-39/h5-11,14,16,32H,12-13H2,1-4H3,(H,35,36). The van der Waals surface area contributed by atoms with E-state index < -0.39 is 0 Å². The van der Waals surface area contributed by atoms with E-state index in [0.717, 1.165) is 27.9 Å². The van der Waals surface area contributed by atoms with Crippen LogP contribution < -0.4 is 20.5 Å². The van der Waals surface area contributed by atoms with Gasteiger partial charge in [0.1, 0.15) is 22.3 Å². The molecule has 3 aromatic heterocycles. The van der Waals surface area contributed by atoms with Crippen molar-refractivity contribution < 1.29 is 4.39 Å². The molecule has 0 amide bonds. The molecule has 0 saturated heterocycles. The highest BCUT2D eigenvalue weighted by Gasteiger charge is 2.25. The average molecular weight is 592 g/mol. The van der Waals surface area contributed by atoms with Crippen LogP contribution in [0.5, 0.6) is 0 Å². The topological polar surface area (TPSA) is 106 Å². The van der Waals surface area contributed by atoms with Crippen molar-refractivity contribution in [3.05, 3.63) is 92.4 Å². The molecule has 0 spiro atoms. The molecule has 13 heteroatoms. The minimum atomic E-state index is -0.274. The van der Waals surface area contributed by atoms with Gasteiger partial charge in [-0.15, -0.1) is 5.10 Å². The first kappa shape index (κ1) is 27.0. The molecule has 210 valence electrons. The Morgan fingerprint density at radius 2 is 1.88 bits per heavy atom. The molecule has 2 aromatic carbocycles. The Hall–Kier alpha value is -4.16. The van der Waals surface area contributed by atoms with Crippen LogP contribution in [0.25, 0.3) is 10.9 Å². The quantitative estimate of drug-likeness (QED) is 0.191. The Bertz CT molecular complexity index is 1860. The normalized spacial score (nSPS) is 13.5. The van der Waals surface area contributed by atoms with Gasteiger partial charge >= 0.3 is 0 Å². The molecule has 0 fully saturated rings. The van der Waals surface area contributed by atoms with Gasteiger partial charge in [0.05, 0.1) is 22.6 Å². The second kappa shape index (κ2) is 10.7. The van der Waals surface area contributed by atoms with E-state index in [2.05, 4.69) is 25.1 Å². The van der Waals surface area contributed by atoms with E-state index in [-0.39, 0.29) is 17.4 Å². The molecule has 1 atom stereocenters. The fraction of sp³-hybridized carbons (Fsp3) is 0.250. The molecule has 1 unspecified atom stereocenters. The smallest absolute Gasteiger partial charge is 0.262 e. The first-order valence-corrected chi connectivity index (χ1v) is 14.1. The summed E-state index contributed by atoms with van der Waals surface area (Å²) in [5.74, 6) is 0.708. The number of fused-ring (bicyclic) bond motifs is 2. The molecule has 1 aliphatic rings. The SMILES string of the molecule is Cc1cc(C(C)Nc2ccc(Cl)nc2SNc2ncn(C)n2)c2nc(N3Cc4ccc(F)cc4C3)n(C)c(=O)c2c1. The largest absolute Gasteiger partial charge is 0.376 e. The maximum absolute atomic E-state index is 13.9. The molecule has 0 radical (unpaired) electrons. The number of aromatic nitrogens is 6.